The van der Waals surface area contributed by atoms with Crippen molar-refractivity contribution in [3.8, 4) is 0 Å². The van der Waals surface area contributed by atoms with E-state index in [-0.39, 0.29) is 0 Å². The number of rotatable bonds is 0. The molecule has 0 aromatic rings. The van der Waals surface area contributed by atoms with Gasteiger partial charge in [0, 0.05) is 11.3 Å². The van der Waals surface area contributed by atoms with Gasteiger partial charge in [-0.2, -0.15) is 12.6 Å². The summed E-state index contributed by atoms with van der Waals surface area (Å²) in [6.07, 6.45) is 5.42. The number of thiol groups is 1. The van der Waals surface area contributed by atoms with Gasteiger partial charge in [-0.15, -0.1) is 0 Å². The van der Waals surface area contributed by atoms with E-state index in [1.807, 2.05) is 0 Å². The van der Waals surface area contributed by atoms with Crippen molar-refractivity contribution in [1.82, 2.24) is 5.32 Å². The van der Waals surface area contributed by atoms with E-state index < -0.39 is 0 Å². The molecule has 2 fully saturated rings. The van der Waals surface area contributed by atoms with E-state index >= 15 is 0 Å². The smallest absolute Gasteiger partial charge is 0.00965 e. The van der Waals surface area contributed by atoms with Gasteiger partial charge in [-0.3, -0.25) is 0 Å². The maximum Gasteiger partial charge on any atom is 0.00965 e. The molecule has 0 radical (unpaired) electrons. The molecule has 1 nitrogen and oxygen atoms in total. The van der Waals surface area contributed by atoms with Crippen molar-refractivity contribution in [3.05, 3.63) is 0 Å². The summed E-state index contributed by atoms with van der Waals surface area (Å²) in [4.78, 5) is 0. The topological polar surface area (TPSA) is 12.0 Å². The Kier molecular flexibility index (Phi) is 1.92. The quantitative estimate of drug-likeness (QED) is 0.507. The molecule has 1 N–H and O–H groups in total. The molecule has 2 rings (SSSR count). The molecule has 0 spiro atoms. The molecule has 2 aliphatic rings. The van der Waals surface area contributed by atoms with Crippen LogP contribution in [0.25, 0.3) is 0 Å². The second kappa shape index (κ2) is 2.74. The lowest BCUT2D eigenvalue weighted by Gasteiger charge is -2.28. The van der Waals surface area contributed by atoms with Crippen LogP contribution in [0, 0.1) is 5.92 Å². The summed E-state index contributed by atoms with van der Waals surface area (Å²) in [7, 11) is 0. The molecule has 1 saturated heterocycles. The zero-order chi connectivity index (χ0) is 6.97. The van der Waals surface area contributed by atoms with Crippen LogP contribution in [0.5, 0.6) is 0 Å². The van der Waals surface area contributed by atoms with E-state index in [1.54, 1.807) is 0 Å². The van der Waals surface area contributed by atoms with E-state index in [4.69, 9.17) is 0 Å². The fraction of sp³-hybridized carbons (Fsp3) is 1.00. The highest BCUT2D eigenvalue weighted by atomic mass is 32.1. The van der Waals surface area contributed by atoms with Gasteiger partial charge in [0.25, 0.3) is 0 Å². The SMILES string of the molecule is SC1CC[C@H]2NCC[C@H]2C1. The van der Waals surface area contributed by atoms with Crippen molar-refractivity contribution < 1.29 is 0 Å². The molecule has 0 bridgehead atoms. The van der Waals surface area contributed by atoms with Crippen molar-refractivity contribution >= 4 is 12.6 Å². The Bertz CT molecular complexity index is 126. The predicted octanol–water partition coefficient (Wildman–Crippen LogP) is 1.45. The third-order valence-corrected chi connectivity index (χ3v) is 3.35. The molecular formula is C8H15NS. The molecular weight excluding hydrogens is 142 g/mol. The van der Waals surface area contributed by atoms with Crippen LogP contribution in [0.3, 0.4) is 0 Å². The minimum absolute atomic E-state index is 0.696. The molecule has 1 heterocycles. The summed E-state index contributed by atoms with van der Waals surface area (Å²) in [5.41, 5.74) is 0. The van der Waals surface area contributed by atoms with Gasteiger partial charge in [-0.1, -0.05) is 0 Å². The van der Waals surface area contributed by atoms with Gasteiger partial charge >= 0.3 is 0 Å². The number of nitrogens with one attached hydrogen (secondary N) is 1. The van der Waals surface area contributed by atoms with E-state index in [2.05, 4.69) is 17.9 Å². The highest BCUT2D eigenvalue weighted by Gasteiger charge is 2.31. The van der Waals surface area contributed by atoms with Gasteiger partial charge in [0.1, 0.15) is 0 Å². The fourth-order valence-electron chi connectivity index (χ4n) is 2.28. The first-order chi connectivity index (χ1) is 4.86. The zero-order valence-electron chi connectivity index (χ0n) is 6.21. The zero-order valence-corrected chi connectivity index (χ0v) is 7.11. The van der Waals surface area contributed by atoms with Crippen molar-refractivity contribution in [1.29, 1.82) is 0 Å². The fourth-order valence-corrected chi connectivity index (χ4v) is 2.70. The first-order valence-corrected chi connectivity index (χ1v) is 4.79. The minimum atomic E-state index is 0.696. The molecule has 1 aliphatic carbocycles. The lowest BCUT2D eigenvalue weighted by molar-refractivity contribution is 0.334. The normalized spacial score (nSPS) is 47.1. The van der Waals surface area contributed by atoms with E-state index in [1.165, 1.54) is 32.2 Å². The molecule has 0 aromatic carbocycles. The number of hydrogen-bond donors (Lipinski definition) is 2. The molecule has 1 unspecified atom stereocenters. The molecule has 2 heteroatoms. The maximum absolute atomic E-state index is 4.52. The third kappa shape index (κ3) is 1.19. The predicted molar refractivity (Wildman–Crippen MR) is 46.5 cm³/mol. The lowest BCUT2D eigenvalue weighted by atomic mass is 9.85. The summed E-state index contributed by atoms with van der Waals surface area (Å²) in [6, 6.07) is 0.850. The lowest BCUT2D eigenvalue weighted by Crippen LogP contribution is -2.32. The van der Waals surface area contributed by atoms with Gasteiger partial charge in [-0.05, 0) is 38.1 Å². The van der Waals surface area contributed by atoms with Gasteiger partial charge in [0.05, 0.1) is 0 Å². The van der Waals surface area contributed by atoms with Crippen molar-refractivity contribution in [2.45, 2.75) is 37.0 Å². The molecule has 58 valence electrons. The van der Waals surface area contributed by atoms with Crippen LogP contribution in [0.15, 0.2) is 0 Å². The Morgan fingerprint density at radius 2 is 2.10 bits per heavy atom. The average Bonchev–Trinajstić information content (AvgIpc) is 2.33. The van der Waals surface area contributed by atoms with Gasteiger partial charge in [0.2, 0.25) is 0 Å². The number of hydrogen-bond acceptors (Lipinski definition) is 2. The Morgan fingerprint density at radius 3 is 3.00 bits per heavy atom. The summed E-state index contributed by atoms with van der Waals surface area (Å²) in [6.45, 7) is 1.25. The van der Waals surface area contributed by atoms with Crippen LogP contribution in [-0.4, -0.2) is 17.8 Å². The Balaban J connectivity index is 1.96. The number of fused-ring (bicyclic) bond motifs is 1. The first kappa shape index (κ1) is 6.99. The summed E-state index contributed by atoms with van der Waals surface area (Å²) >= 11 is 4.52. The molecule has 10 heavy (non-hydrogen) atoms. The molecule has 3 atom stereocenters. The first-order valence-electron chi connectivity index (χ1n) is 4.28. The van der Waals surface area contributed by atoms with Gasteiger partial charge in [-0.25, -0.2) is 0 Å². The highest BCUT2D eigenvalue weighted by Crippen LogP contribution is 2.32. The summed E-state index contributed by atoms with van der Waals surface area (Å²) < 4.78 is 0. The molecule has 1 aliphatic heterocycles. The minimum Gasteiger partial charge on any atom is -0.314 e. The van der Waals surface area contributed by atoms with Gasteiger partial charge in [0.15, 0.2) is 0 Å². The van der Waals surface area contributed by atoms with Crippen LogP contribution in [0.2, 0.25) is 0 Å². The molecule has 0 aromatic heterocycles. The Labute approximate surface area is 68.0 Å². The average molecular weight is 157 g/mol. The van der Waals surface area contributed by atoms with Crippen LogP contribution in [0.4, 0.5) is 0 Å². The largest absolute Gasteiger partial charge is 0.314 e. The van der Waals surface area contributed by atoms with Crippen LogP contribution >= 0.6 is 12.6 Å². The van der Waals surface area contributed by atoms with Crippen LogP contribution < -0.4 is 5.32 Å². The van der Waals surface area contributed by atoms with E-state index in [9.17, 15) is 0 Å². The van der Waals surface area contributed by atoms with Crippen LogP contribution in [0.1, 0.15) is 25.7 Å². The standard InChI is InChI=1S/C8H15NS/c10-7-1-2-8-6(5-7)3-4-9-8/h6-10H,1-5H2/t6-,7?,8+/m0/s1. The third-order valence-electron chi connectivity index (χ3n) is 2.88. The second-order valence-corrected chi connectivity index (χ2v) is 4.31. The van der Waals surface area contributed by atoms with Crippen LogP contribution in [-0.2, 0) is 0 Å². The molecule has 1 saturated carbocycles. The van der Waals surface area contributed by atoms with Crippen molar-refractivity contribution in [3.63, 3.8) is 0 Å². The molecule has 0 amide bonds. The Morgan fingerprint density at radius 1 is 1.20 bits per heavy atom. The highest BCUT2D eigenvalue weighted by molar-refractivity contribution is 7.80. The summed E-state index contributed by atoms with van der Waals surface area (Å²) in [5, 5.41) is 4.24. The Hall–Kier alpha value is 0.310. The van der Waals surface area contributed by atoms with Crippen molar-refractivity contribution in [2.24, 2.45) is 5.92 Å². The van der Waals surface area contributed by atoms with E-state index in [0.29, 0.717) is 5.25 Å². The monoisotopic (exact) mass is 157 g/mol. The summed E-state index contributed by atoms with van der Waals surface area (Å²) in [5.74, 6) is 0.955. The van der Waals surface area contributed by atoms with Crippen molar-refractivity contribution in [2.75, 3.05) is 6.54 Å². The second-order valence-electron chi connectivity index (χ2n) is 3.58. The van der Waals surface area contributed by atoms with E-state index in [0.717, 1.165) is 12.0 Å². The maximum atomic E-state index is 4.52. The van der Waals surface area contributed by atoms with Gasteiger partial charge < -0.3 is 5.32 Å².